The number of carbonyl (C=O) groups excluding carboxylic acids is 2. The van der Waals surface area contributed by atoms with Crippen molar-refractivity contribution in [3.63, 3.8) is 0 Å². The average molecular weight is 460 g/mol. The van der Waals surface area contributed by atoms with Gasteiger partial charge in [0.15, 0.2) is 0 Å². The van der Waals surface area contributed by atoms with Gasteiger partial charge in [0.05, 0.1) is 21.7 Å². The number of amides is 2. The zero-order valence-corrected chi connectivity index (χ0v) is 19.8. The molecule has 0 saturated carbocycles. The molecular weight excluding hydrogens is 430 g/mol. The Morgan fingerprint density at radius 3 is 2.44 bits per heavy atom. The van der Waals surface area contributed by atoms with Crippen molar-refractivity contribution in [3.05, 3.63) is 42.0 Å². The highest BCUT2D eigenvalue weighted by molar-refractivity contribution is 7.92. The second-order valence-corrected chi connectivity index (χ2v) is 10.0. The topological polar surface area (TPSA) is 105 Å². The Morgan fingerprint density at radius 2 is 1.81 bits per heavy atom. The van der Waals surface area contributed by atoms with Gasteiger partial charge in [-0.15, -0.1) is 0 Å². The first-order chi connectivity index (χ1) is 15.0. The number of hydrogen-bond acceptors (Lipinski definition) is 5. The van der Waals surface area contributed by atoms with Gasteiger partial charge in [0.25, 0.3) is 10.0 Å². The summed E-state index contributed by atoms with van der Waals surface area (Å²) >= 11 is 0. The number of hydrogen-bond donors (Lipinski definition) is 2. The van der Waals surface area contributed by atoms with E-state index in [1.54, 1.807) is 49.1 Å². The molecule has 0 fully saturated rings. The highest BCUT2D eigenvalue weighted by atomic mass is 32.2. The predicted octanol–water partition coefficient (Wildman–Crippen LogP) is 3.92. The molecule has 172 valence electrons. The van der Waals surface area contributed by atoms with Crippen molar-refractivity contribution in [1.29, 1.82) is 0 Å². The molecule has 32 heavy (non-hydrogen) atoms. The molecule has 0 aromatic heterocycles. The van der Waals surface area contributed by atoms with Gasteiger partial charge in [-0.3, -0.25) is 14.3 Å². The van der Waals surface area contributed by atoms with Gasteiger partial charge in [-0.1, -0.05) is 6.92 Å². The van der Waals surface area contributed by atoms with Crippen molar-refractivity contribution in [3.8, 4) is 5.75 Å². The third-order valence-electron chi connectivity index (χ3n) is 5.30. The fourth-order valence-corrected chi connectivity index (χ4v) is 4.79. The Bertz CT molecular complexity index is 1160. The predicted molar refractivity (Wildman–Crippen MR) is 125 cm³/mol. The molecule has 2 aromatic rings. The highest BCUT2D eigenvalue weighted by Gasteiger charge is 2.37. The summed E-state index contributed by atoms with van der Waals surface area (Å²) in [5.74, 6) is 0.254. The first-order valence-electron chi connectivity index (χ1n) is 10.5. The number of nitrogens with zero attached hydrogens (tertiary/aromatic N) is 1. The van der Waals surface area contributed by atoms with Gasteiger partial charge in [-0.05, 0) is 63.6 Å². The van der Waals surface area contributed by atoms with E-state index < -0.39 is 15.4 Å². The number of rotatable bonds is 6. The zero-order valence-electron chi connectivity index (χ0n) is 19.0. The lowest BCUT2D eigenvalue weighted by Crippen LogP contribution is -2.42. The third-order valence-corrected chi connectivity index (χ3v) is 6.84. The number of aryl methyl sites for hydroxylation is 1. The monoisotopic (exact) mass is 459 g/mol. The maximum absolute atomic E-state index is 13.0. The summed E-state index contributed by atoms with van der Waals surface area (Å²) in [6, 6.07) is 9.53. The van der Waals surface area contributed by atoms with Crippen molar-refractivity contribution >= 4 is 38.9 Å². The first-order valence-corrected chi connectivity index (χ1v) is 12.0. The van der Waals surface area contributed by atoms with Crippen LogP contribution in [-0.2, 0) is 19.6 Å². The van der Waals surface area contributed by atoms with Crippen molar-refractivity contribution < 1.29 is 22.7 Å². The molecule has 2 N–H and O–H groups in total. The standard InChI is InChI=1S/C23H29N3O5S/c1-6-21(27)24-16-9-11-20(15(3)12-16)32(29,30)25-17-8-10-18-19(13-17)31-14-23(4,5)22(28)26(18)7-2/h8-13,25H,6-7,14H2,1-5H3,(H,24,27). The maximum Gasteiger partial charge on any atom is 0.262 e. The van der Waals surface area contributed by atoms with Crippen LogP contribution in [0.5, 0.6) is 5.75 Å². The maximum atomic E-state index is 13.0. The lowest BCUT2D eigenvalue weighted by molar-refractivity contribution is -0.127. The molecule has 9 heteroatoms. The minimum Gasteiger partial charge on any atom is -0.490 e. The van der Waals surface area contributed by atoms with E-state index in [4.69, 9.17) is 4.74 Å². The Morgan fingerprint density at radius 1 is 1.12 bits per heavy atom. The zero-order chi connectivity index (χ0) is 23.7. The molecule has 1 heterocycles. The molecule has 0 atom stereocenters. The summed E-state index contributed by atoms with van der Waals surface area (Å²) in [4.78, 5) is 26.2. The van der Waals surface area contributed by atoms with Gasteiger partial charge < -0.3 is 15.0 Å². The first kappa shape index (κ1) is 23.6. The largest absolute Gasteiger partial charge is 0.490 e. The molecule has 1 aliphatic rings. The molecule has 8 nitrogen and oxygen atoms in total. The number of nitrogens with one attached hydrogen (secondary N) is 2. The summed E-state index contributed by atoms with van der Waals surface area (Å²) in [7, 11) is -3.88. The fourth-order valence-electron chi connectivity index (χ4n) is 3.51. The Kier molecular flexibility index (Phi) is 6.50. The molecule has 0 saturated heterocycles. The van der Waals surface area contributed by atoms with Gasteiger partial charge in [-0.25, -0.2) is 8.42 Å². The fraction of sp³-hybridized carbons (Fsp3) is 0.391. The molecular formula is C23H29N3O5S. The molecule has 0 aliphatic carbocycles. The number of fused-ring (bicyclic) bond motifs is 1. The molecule has 2 amide bonds. The van der Waals surface area contributed by atoms with Crippen LogP contribution in [-0.4, -0.2) is 33.4 Å². The van der Waals surface area contributed by atoms with E-state index >= 15 is 0 Å². The lowest BCUT2D eigenvalue weighted by Gasteiger charge is -2.26. The van der Waals surface area contributed by atoms with E-state index in [-0.39, 0.29) is 23.3 Å². The minimum atomic E-state index is -3.88. The van der Waals surface area contributed by atoms with E-state index in [2.05, 4.69) is 10.0 Å². The average Bonchev–Trinajstić information content (AvgIpc) is 2.81. The van der Waals surface area contributed by atoms with Gasteiger partial charge in [0.1, 0.15) is 12.4 Å². The van der Waals surface area contributed by atoms with Crippen molar-refractivity contribution in [1.82, 2.24) is 0 Å². The summed E-state index contributed by atoms with van der Waals surface area (Å²) in [5.41, 5.74) is 1.29. The molecule has 0 radical (unpaired) electrons. The summed E-state index contributed by atoms with van der Waals surface area (Å²) in [6.07, 6.45) is 0.333. The number of sulfonamides is 1. The van der Waals surface area contributed by atoms with Crippen LogP contribution < -0.4 is 19.7 Å². The van der Waals surface area contributed by atoms with Crippen LogP contribution in [0.4, 0.5) is 17.1 Å². The summed E-state index contributed by atoms with van der Waals surface area (Å²) in [6.45, 7) is 9.61. The normalized spacial score (nSPS) is 15.4. The highest BCUT2D eigenvalue weighted by Crippen LogP contribution is 2.38. The van der Waals surface area contributed by atoms with Crippen molar-refractivity contribution in [2.24, 2.45) is 5.41 Å². The Hall–Kier alpha value is -3.07. The second-order valence-electron chi connectivity index (χ2n) is 8.39. The van der Waals surface area contributed by atoms with Gasteiger partial charge in [0, 0.05) is 24.7 Å². The third kappa shape index (κ3) is 4.72. The van der Waals surface area contributed by atoms with E-state index in [0.29, 0.717) is 41.3 Å². The van der Waals surface area contributed by atoms with Crippen molar-refractivity contribution in [2.45, 2.75) is 45.9 Å². The molecule has 1 aliphatic heterocycles. The van der Waals surface area contributed by atoms with E-state index in [0.717, 1.165) is 0 Å². The Labute approximate surface area is 189 Å². The molecule has 0 bridgehead atoms. The van der Waals surface area contributed by atoms with Crippen LogP contribution in [0.1, 0.15) is 39.7 Å². The number of benzene rings is 2. The van der Waals surface area contributed by atoms with Crippen molar-refractivity contribution in [2.75, 3.05) is 28.1 Å². The van der Waals surface area contributed by atoms with Crippen LogP contribution in [0.3, 0.4) is 0 Å². The van der Waals surface area contributed by atoms with E-state index in [9.17, 15) is 18.0 Å². The molecule has 0 unspecified atom stereocenters. The second kappa shape index (κ2) is 8.82. The number of anilines is 3. The molecule has 0 spiro atoms. The number of carbonyl (C=O) groups is 2. The van der Waals surface area contributed by atoms with Crippen LogP contribution in [0.25, 0.3) is 0 Å². The van der Waals surface area contributed by atoms with Gasteiger partial charge >= 0.3 is 0 Å². The smallest absolute Gasteiger partial charge is 0.262 e. The van der Waals surface area contributed by atoms with E-state index in [1.165, 1.54) is 6.07 Å². The minimum absolute atomic E-state index is 0.0436. The van der Waals surface area contributed by atoms with Gasteiger partial charge in [-0.2, -0.15) is 0 Å². The van der Waals surface area contributed by atoms with Gasteiger partial charge in [0.2, 0.25) is 11.8 Å². The summed E-state index contributed by atoms with van der Waals surface area (Å²) < 4.78 is 34.5. The quantitative estimate of drug-likeness (QED) is 0.681. The van der Waals surface area contributed by atoms with E-state index in [1.807, 2.05) is 20.8 Å². The SMILES string of the molecule is CCC(=O)Nc1ccc(S(=O)(=O)Nc2ccc3c(c2)OCC(C)(C)C(=O)N3CC)c(C)c1. The Balaban J connectivity index is 1.89. The van der Waals surface area contributed by atoms with Crippen LogP contribution >= 0.6 is 0 Å². The number of ether oxygens (including phenoxy) is 1. The summed E-state index contributed by atoms with van der Waals surface area (Å²) in [5, 5.41) is 2.72. The molecule has 3 rings (SSSR count). The van der Waals surface area contributed by atoms with Crippen LogP contribution in [0.15, 0.2) is 41.3 Å². The van der Waals surface area contributed by atoms with Crippen LogP contribution in [0, 0.1) is 12.3 Å². The van der Waals surface area contributed by atoms with Crippen LogP contribution in [0.2, 0.25) is 0 Å². The lowest BCUT2D eigenvalue weighted by atomic mass is 9.93. The molecule has 2 aromatic carbocycles.